The summed E-state index contributed by atoms with van der Waals surface area (Å²) in [4.78, 5) is 24.8. The average molecular weight is 597 g/mol. The molecule has 1 atom stereocenters. The molecule has 1 saturated heterocycles. The molecule has 4 aromatic rings. The molecule has 1 aliphatic heterocycles. The molecule has 0 radical (unpaired) electrons. The first-order valence-corrected chi connectivity index (χ1v) is 13.4. The molecule has 1 aliphatic rings. The van der Waals surface area contributed by atoms with Crippen LogP contribution in [0, 0.1) is 0 Å². The first-order valence-electron chi connectivity index (χ1n) is 12.1. The summed E-state index contributed by atoms with van der Waals surface area (Å²) >= 11 is 7.05. The van der Waals surface area contributed by atoms with Gasteiger partial charge in [0.1, 0.15) is 10.9 Å². The van der Waals surface area contributed by atoms with Crippen LogP contribution in [0.2, 0.25) is 5.02 Å². The fourth-order valence-electron chi connectivity index (χ4n) is 3.91. The Morgan fingerprint density at radius 2 is 1.85 bits per heavy atom. The Bertz CT molecular complexity index is 1640. The molecule has 1 aromatic heterocycles. The number of thioether (sulfide) groups is 1. The number of carbonyl (C=O) groups excluding carboxylic acids is 2. The van der Waals surface area contributed by atoms with Crippen LogP contribution in [0.5, 0.6) is 0 Å². The van der Waals surface area contributed by atoms with E-state index in [4.69, 9.17) is 16.7 Å². The van der Waals surface area contributed by atoms with Crippen molar-refractivity contribution in [1.29, 1.82) is 0 Å². The Morgan fingerprint density at radius 1 is 1.10 bits per heavy atom. The van der Waals surface area contributed by atoms with Gasteiger partial charge in [-0.15, -0.1) is 5.10 Å². The summed E-state index contributed by atoms with van der Waals surface area (Å²) in [6.45, 7) is 0. The van der Waals surface area contributed by atoms with E-state index in [1.807, 2.05) is 42.5 Å². The lowest BCUT2D eigenvalue weighted by molar-refractivity contribution is -0.137. The van der Waals surface area contributed by atoms with Crippen LogP contribution in [0.15, 0.2) is 95.3 Å². The zero-order chi connectivity index (χ0) is 29.0. The number of para-hydroxylation sites is 1. The topological polar surface area (TPSA) is 101 Å². The zero-order valence-electron chi connectivity index (χ0n) is 21.0. The maximum absolute atomic E-state index is 12.9. The highest BCUT2D eigenvalue weighted by molar-refractivity contribution is 8.15. The molecule has 0 spiro atoms. The van der Waals surface area contributed by atoms with Gasteiger partial charge in [0.25, 0.3) is 0 Å². The van der Waals surface area contributed by atoms with E-state index >= 15 is 0 Å². The van der Waals surface area contributed by atoms with Crippen molar-refractivity contribution in [3.8, 4) is 16.9 Å². The molecule has 208 valence electrons. The molecule has 3 aromatic carbocycles. The number of aromatic nitrogens is 2. The van der Waals surface area contributed by atoms with Crippen LogP contribution >= 0.6 is 23.4 Å². The normalized spacial score (nSPS) is 16.3. The summed E-state index contributed by atoms with van der Waals surface area (Å²) in [5.41, 5.74) is 2.06. The van der Waals surface area contributed by atoms with Gasteiger partial charge in [0.2, 0.25) is 11.8 Å². The monoisotopic (exact) mass is 596 g/mol. The van der Waals surface area contributed by atoms with E-state index in [0.29, 0.717) is 16.3 Å². The van der Waals surface area contributed by atoms with Crippen molar-refractivity contribution in [3.05, 3.63) is 101 Å². The van der Waals surface area contributed by atoms with Crippen LogP contribution in [0.25, 0.3) is 16.9 Å². The molecule has 41 heavy (non-hydrogen) atoms. The lowest BCUT2D eigenvalue weighted by Crippen LogP contribution is -2.28. The van der Waals surface area contributed by atoms with E-state index in [1.54, 1.807) is 23.0 Å². The number of alkyl halides is 3. The summed E-state index contributed by atoms with van der Waals surface area (Å²) in [5, 5.41) is 17.8. The standard InChI is InChI=1S/C28H20ClF3N6O2S/c29-20-11-9-17(10-12-20)25-18(16-38(37-25)22-7-2-1-3-8-22)15-33-36-27-35-26(40)23(41-27)14-24(39)34-21-6-4-5-19(13-21)28(30,31)32/h1-13,15-16,23H,14H2,(H,34,39)(H,35,36,40)/b33-15+. The van der Waals surface area contributed by atoms with E-state index in [1.165, 1.54) is 18.3 Å². The number of nitrogens with zero attached hydrogens (tertiary/aromatic N) is 4. The van der Waals surface area contributed by atoms with Gasteiger partial charge in [-0.2, -0.15) is 23.4 Å². The number of rotatable bonds is 7. The molecule has 1 unspecified atom stereocenters. The Morgan fingerprint density at radius 3 is 2.59 bits per heavy atom. The van der Waals surface area contributed by atoms with Gasteiger partial charge in [-0.05, 0) is 42.5 Å². The summed E-state index contributed by atoms with van der Waals surface area (Å²) in [5.74, 6) is -1.07. The summed E-state index contributed by atoms with van der Waals surface area (Å²) < 4.78 is 40.5. The maximum atomic E-state index is 12.9. The number of hydrogen-bond acceptors (Lipinski definition) is 6. The molecular weight excluding hydrogens is 577 g/mol. The number of benzene rings is 3. The number of hydrogen-bond donors (Lipinski definition) is 2. The van der Waals surface area contributed by atoms with Crippen LogP contribution in [-0.4, -0.2) is 38.2 Å². The Labute approximate surface area is 241 Å². The molecule has 0 saturated carbocycles. The second-order valence-electron chi connectivity index (χ2n) is 8.80. The van der Waals surface area contributed by atoms with Gasteiger partial charge in [-0.1, -0.05) is 59.8 Å². The van der Waals surface area contributed by atoms with Gasteiger partial charge in [-0.25, -0.2) is 4.68 Å². The summed E-state index contributed by atoms with van der Waals surface area (Å²) in [6, 6.07) is 21.0. The molecule has 8 nitrogen and oxygen atoms in total. The first kappa shape index (κ1) is 28.1. The molecule has 13 heteroatoms. The average Bonchev–Trinajstić information content (AvgIpc) is 3.52. The van der Waals surface area contributed by atoms with E-state index < -0.39 is 28.8 Å². The Balaban J connectivity index is 1.28. The number of amides is 2. The van der Waals surface area contributed by atoms with Crippen LogP contribution in [-0.2, 0) is 15.8 Å². The number of amidine groups is 1. The van der Waals surface area contributed by atoms with Crippen molar-refractivity contribution in [3.63, 3.8) is 0 Å². The smallest absolute Gasteiger partial charge is 0.326 e. The Hall–Kier alpha value is -4.42. The van der Waals surface area contributed by atoms with Gasteiger partial charge < -0.3 is 10.6 Å². The maximum Gasteiger partial charge on any atom is 0.416 e. The molecule has 1 fully saturated rings. The fraction of sp³-hybridized carbons (Fsp3) is 0.107. The highest BCUT2D eigenvalue weighted by Gasteiger charge is 2.33. The van der Waals surface area contributed by atoms with Crippen molar-refractivity contribution >= 4 is 52.2 Å². The summed E-state index contributed by atoms with van der Waals surface area (Å²) in [6.07, 6.45) is -1.50. The van der Waals surface area contributed by atoms with E-state index in [-0.39, 0.29) is 17.3 Å². The predicted octanol–water partition coefficient (Wildman–Crippen LogP) is 6.16. The highest BCUT2D eigenvalue weighted by atomic mass is 35.5. The predicted molar refractivity (Wildman–Crippen MR) is 153 cm³/mol. The van der Waals surface area contributed by atoms with Crippen molar-refractivity contribution < 1.29 is 22.8 Å². The number of nitrogens with one attached hydrogen (secondary N) is 2. The number of halogens is 4. The van der Waals surface area contributed by atoms with Crippen molar-refractivity contribution in [1.82, 2.24) is 15.1 Å². The van der Waals surface area contributed by atoms with Crippen LogP contribution in [0.1, 0.15) is 17.5 Å². The lowest BCUT2D eigenvalue weighted by atomic mass is 10.1. The molecule has 2 heterocycles. The Kier molecular flexibility index (Phi) is 8.22. The molecule has 0 aliphatic carbocycles. The van der Waals surface area contributed by atoms with Crippen LogP contribution in [0.4, 0.5) is 18.9 Å². The molecule has 0 bridgehead atoms. The third-order valence-corrected chi connectivity index (χ3v) is 7.17. The van der Waals surface area contributed by atoms with E-state index in [2.05, 4.69) is 20.8 Å². The minimum atomic E-state index is -4.54. The van der Waals surface area contributed by atoms with Gasteiger partial charge in [0, 0.05) is 34.5 Å². The van der Waals surface area contributed by atoms with E-state index in [9.17, 15) is 22.8 Å². The molecular formula is C28H20ClF3N6O2S. The number of anilines is 1. The summed E-state index contributed by atoms with van der Waals surface area (Å²) in [7, 11) is 0. The molecule has 2 amide bonds. The second-order valence-corrected chi connectivity index (χ2v) is 10.4. The highest BCUT2D eigenvalue weighted by Crippen LogP contribution is 2.31. The molecule has 2 N–H and O–H groups in total. The SMILES string of the molecule is O=C(CC1S/C(=N/N=C/c2cn(-c3ccccc3)nc2-c2ccc(Cl)cc2)NC1=O)Nc1cccc(C(F)(F)F)c1. The van der Waals surface area contributed by atoms with Gasteiger partial charge >= 0.3 is 6.18 Å². The van der Waals surface area contributed by atoms with Gasteiger partial charge in [0.05, 0.1) is 17.5 Å². The van der Waals surface area contributed by atoms with Gasteiger partial charge in [0.15, 0.2) is 5.17 Å². The van der Waals surface area contributed by atoms with Crippen molar-refractivity contribution in [2.24, 2.45) is 10.2 Å². The minimum absolute atomic E-state index is 0.0146. The largest absolute Gasteiger partial charge is 0.416 e. The van der Waals surface area contributed by atoms with Crippen LogP contribution in [0.3, 0.4) is 0 Å². The quantitative estimate of drug-likeness (QED) is 0.197. The molecule has 5 rings (SSSR count). The van der Waals surface area contributed by atoms with Crippen LogP contribution < -0.4 is 10.6 Å². The minimum Gasteiger partial charge on any atom is -0.326 e. The second kappa shape index (κ2) is 12.0. The van der Waals surface area contributed by atoms with E-state index in [0.717, 1.165) is 35.1 Å². The van der Waals surface area contributed by atoms with Gasteiger partial charge in [-0.3, -0.25) is 9.59 Å². The third kappa shape index (κ3) is 7.02. The zero-order valence-corrected chi connectivity index (χ0v) is 22.5. The van der Waals surface area contributed by atoms with Crippen molar-refractivity contribution in [2.75, 3.05) is 5.32 Å². The fourth-order valence-corrected chi connectivity index (χ4v) is 4.96. The third-order valence-electron chi connectivity index (χ3n) is 5.85. The number of carbonyl (C=O) groups is 2. The lowest BCUT2D eigenvalue weighted by Gasteiger charge is -2.10. The first-order chi connectivity index (χ1) is 19.7. The van der Waals surface area contributed by atoms with Crippen molar-refractivity contribution in [2.45, 2.75) is 17.8 Å².